The summed E-state index contributed by atoms with van der Waals surface area (Å²) in [6.07, 6.45) is 2.90. The molecule has 0 atom stereocenters. The fourth-order valence-corrected chi connectivity index (χ4v) is 1.90. The van der Waals surface area contributed by atoms with E-state index >= 15 is 0 Å². The van der Waals surface area contributed by atoms with Crippen molar-refractivity contribution in [3.63, 3.8) is 0 Å². The van der Waals surface area contributed by atoms with Crippen LogP contribution in [0.2, 0.25) is 0 Å². The molecule has 4 heteroatoms. The first kappa shape index (κ1) is 9.15. The maximum atomic E-state index is 11.2. The summed E-state index contributed by atoms with van der Waals surface area (Å²) in [5.41, 5.74) is 4.34. The van der Waals surface area contributed by atoms with Crippen LogP contribution in [0.1, 0.15) is 12.0 Å². The molecule has 1 aliphatic rings. The van der Waals surface area contributed by atoms with E-state index in [9.17, 15) is 4.79 Å². The molecule has 80 valence electrons. The van der Waals surface area contributed by atoms with Crippen LogP contribution in [-0.4, -0.2) is 10.9 Å². The number of nitrogens with zero attached hydrogens (tertiary/aromatic N) is 1. The van der Waals surface area contributed by atoms with E-state index in [0.717, 1.165) is 22.2 Å². The number of hydrogen-bond acceptors (Lipinski definition) is 3. The largest absolute Gasteiger partial charge is 0.379 e. The normalized spacial score (nSPS) is 14.9. The third kappa shape index (κ3) is 1.39. The second kappa shape index (κ2) is 3.48. The Morgan fingerprint density at radius 1 is 1.25 bits per heavy atom. The molecule has 1 aromatic carbocycles. The number of benzene rings is 1. The minimum atomic E-state index is -0.0896. The summed E-state index contributed by atoms with van der Waals surface area (Å²) >= 11 is 0. The highest BCUT2D eigenvalue weighted by atomic mass is 16.7. The Labute approximate surface area is 92.2 Å². The van der Waals surface area contributed by atoms with Gasteiger partial charge in [-0.3, -0.25) is 9.78 Å². The lowest BCUT2D eigenvalue weighted by atomic mass is 10.1. The van der Waals surface area contributed by atoms with E-state index in [2.05, 4.69) is 10.5 Å². The Kier molecular flexibility index (Phi) is 1.99. The lowest BCUT2D eigenvalue weighted by Gasteiger charge is -2.08. The molecule has 0 radical (unpaired) electrons. The van der Waals surface area contributed by atoms with Gasteiger partial charge in [0, 0.05) is 18.0 Å². The third-order valence-corrected chi connectivity index (χ3v) is 2.71. The van der Waals surface area contributed by atoms with Gasteiger partial charge in [0.25, 0.3) is 5.91 Å². The Morgan fingerprint density at radius 3 is 3.12 bits per heavy atom. The molecule has 2 aromatic rings. The van der Waals surface area contributed by atoms with Gasteiger partial charge in [-0.1, -0.05) is 6.07 Å². The van der Waals surface area contributed by atoms with Crippen LogP contribution in [0.3, 0.4) is 0 Å². The first-order valence-electron chi connectivity index (χ1n) is 5.17. The molecule has 16 heavy (non-hydrogen) atoms. The summed E-state index contributed by atoms with van der Waals surface area (Å²) in [5, 5.41) is 0.933. The fraction of sp³-hybridized carbons (Fsp3) is 0.167. The van der Waals surface area contributed by atoms with Crippen molar-refractivity contribution in [1.82, 2.24) is 10.5 Å². The number of pyridine rings is 1. The second-order valence-corrected chi connectivity index (χ2v) is 3.75. The smallest absolute Gasteiger partial charge is 0.252 e. The summed E-state index contributed by atoms with van der Waals surface area (Å²) in [4.78, 5) is 20.8. The van der Waals surface area contributed by atoms with Crippen LogP contribution in [-0.2, 0) is 11.2 Å². The van der Waals surface area contributed by atoms with Crippen molar-refractivity contribution in [3.05, 3.63) is 36.0 Å². The van der Waals surface area contributed by atoms with Crippen molar-refractivity contribution in [2.45, 2.75) is 12.8 Å². The molecule has 0 spiro atoms. The van der Waals surface area contributed by atoms with Gasteiger partial charge in [-0.15, -0.1) is 0 Å². The lowest BCUT2D eigenvalue weighted by molar-refractivity contribution is -0.127. The lowest BCUT2D eigenvalue weighted by Crippen LogP contribution is -2.24. The quantitative estimate of drug-likeness (QED) is 0.724. The predicted octanol–water partition coefficient (Wildman–Crippen LogP) is 1.59. The van der Waals surface area contributed by atoms with Crippen LogP contribution in [0.25, 0.3) is 10.9 Å². The van der Waals surface area contributed by atoms with Crippen molar-refractivity contribution in [3.8, 4) is 5.75 Å². The topological polar surface area (TPSA) is 51.2 Å². The van der Waals surface area contributed by atoms with Gasteiger partial charge in [-0.05, 0) is 30.2 Å². The van der Waals surface area contributed by atoms with Gasteiger partial charge >= 0.3 is 0 Å². The molecule has 0 aliphatic carbocycles. The number of nitrogens with one attached hydrogen (secondary N) is 1. The summed E-state index contributed by atoms with van der Waals surface area (Å²) in [6, 6.07) is 7.72. The zero-order valence-electron chi connectivity index (χ0n) is 8.56. The zero-order chi connectivity index (χ0) is 11.0. The van der Waals surface area contributed by atoms with Crippen molar-refractivity contribution in [2.24, 2.45) is 0 Å². The number of aromatic nitrogens is 1. The maximum absolute atomic E-state index is 11.2. The van der Waals surface area contributed by atoms with Gasteiger partial charge in [0.2, 0.25) is 0 Å². The van der Waals surface area contributed by atoms with Crippen LogP contribution < -0.4 is 10.3 Å². The summed E-state index contributed by atoms with van der Waals surface area (Å²) in [5.74, 6) is 0.629. The minimum absolute atomic E-state index is 0.0896. The molecule has 3 rings (SSSR count). The van der Waals surface area contributed by atoms with E-state index in [1.54, 1.807) is 6.20 Å². The van der Waals surface area contributed by atoms with Gasteiger partial charge in [-0.25, -0.2) is 0 Å². The number of hydroxylamine groups is 1. The number of aryl methyl sites for hydroxylation is 1. The number of carbonyl (C=O) groups excluding carboxylic acids is 1. The van der Waals surface area contributed by atoms with E-state index in [1.807, 2.05) is 24.3 Å². The maximum Gasteiger partial charge on any atom is 0.252 e. The second-order valence-electron chi connectivity index (χ2n) is 3.75. The average molecular weight is 214 g/mol. The molecule has 1 N–H and O–H groups in total. The molecule has 2 heterocycles. The van der Waals surface area contributed by atoms with Crippen molar-refractivity contribution in [2.75, 3.05) is 0 Å². The SMILES string of the molecule is O=C1CCc2ccc3ncccc3c2ON1. The summed E-state index contributed by atoms with van der Waals surface area (Å²) in [7, 11) is 0. The Bertz CT molecular complexity index is 566. The molecule has 0 saturated heterocycles. The molecule has 1 aliphatic heterocycles. The van der Waals surface area contributed by atoms with E-state index in [1.165, 1.54) is 0 Å². The Balaban J connectivity index is 2.22. The minimum Gasteiger partial charge on any atom is -0.379 e. The molecule has 0 bridgehead atoms. The predicted molar refractivity (Wildman–Crippen MR) is 58.8 cm³/mol. The van der Waals surface area contributed by atoms with Crippen molar-refractivity contribution in [1.29, 1.82) is 0 Å². The zero-order valence-corrected chi connectivity index (χ0v) is 8.56. The number of rotatable bonds is 0. The highest BCUT2D eigenvalue weighted by Crippen LogP contribution is 2.30. The third-order valence-electron chi connectivity index (χ3n) is 2.71. The van der Waals surface area contributed by atoms with Crippen molar-refractivity contribution >= 4 is 16.8 Å². The molecule has 0 saturated carbocycles. The number of hydrogen-bond donors (Lipinski definition) is 1. The molecule has 0 unspecified atom stereocenters. The van der Waals surface area contributed by atoms with Crippen LogP contribution in [0.4, 0.5) is 0 Å². The highest BCUT2D eigenvalue weighted by molar-refractivity contribution is 5.87. The monoisotopic (exact) mass is 214 g/mol. The van der Waals surface area contributed by atoms with Crippen LogP contribution >= 0.6 is 0 Å². The first-order chi connectivity index (χ1) is 7.84. The fourth-order valence-electron chi connectivity index (χ4n) is 1.90. The number of amides is 1. The summed E-state index contributed by atoms with van der Waals surface area (Å²) < 4.78 is 0. The summed E-state index contributed by atoms with van der Waals surface area (Å²) in [6.45, 7) is 0. The van der Waals surface area contributed by atoms with Crippen LogP contribution in [0, 0.1) is 0 Å². The van der Waals surface area contributed by atoms with Crippen LogP contribution in [0.5, 0.6) is 5.75 Å². The molecule has 4 nitrogen and oxygen atoms in total. The van der Waals surface area contributed by atoms with E-state index < -0.39 is 0 Å². The highest BCUT2D eigenvalue weighted by Gasteiger charge is 2.16. The Hall–Kier alpha value is -2.10. The molecule has 0 fully saturated rings. The van der Waals surface area contributed by atoms with E-state index in [4.69, 9.17) is 4.84 Å². The van der Waals surface area contributed by atoms with Gasteiger partial charge in [-0.2, -0.15) is 5.48 Å². The van der Waals surface area contributed by atoms with Gasteiger partial charge in [0.05, 0.1) is 5.52 Å². The Morgan fingerprint density at radius 2 is 2.19 bits per heavy atom. The van der Waals surface area contributed by atoms with Gasteiger partial charge < -0.3 is 4.84 Å². The first-order valence-corrected chi connectivity index (χ1v) is 5.17. The van der Waals surface area contributed by atoms with Crippen molar-refractivity contribution < 1.29 is 9.63 Å². The number of fused-ring (bicyclic) bond motifs is 3. The average Bonchev–Trinajstić information content (AvgIpc) is 2.52. The van der Waals surface area contributed by atoms with Gasteiger partial charge in [0.1, 0.15) is 0 Å². The van der Waals surface area contributed by atoms with E-state index in [-0.39, 0.29) is 5.91 Å². The molecular formula is C12H10N2O2. The van der Waals surface area contributed by atoms with Gasteiger partial charge in [0.15, 0.2) is 5.75 Å². The molecular weight excluding hydrogens is 204 g/mol. The van der Waals surface area contributed by atoms with E-state index in [0.29, 0.717) is 12.8 Å². The van der Waals surface area contributed by atoms with Crippen LogP contribution in [0.15, 0.2) is 30.5 Å². The number of carbonyl (C=O) groups is 1. The molecule has 1 aromatic heterocycles. The standard InChI is InChI=1S/C12H10N2O2/c15-11-6-4-8-3-5-10-9(2-1-7-13-10)12(8)16-14-11/h1-3,5,7H,4,6H2,(H,14,15). The molecule has 1 amide bonds.